The van der Waals surface area contributed by atoms with Crippen molar-refractivity contribution in [1.82, 2.24) is 10.6 Å². The van der Waals surface area contributed by atoms with Crippen LogP contribution in [0.1, 0.15) is 38.1 Å². The number of hydrogen-bond donors (Lipinski definition) is 2. The largest absolute Gasteiger partial charge is 0.352 e. The molecule has 0 radical (unpaired) electrons. The third-order valence-electron chi connectivity index (χ3n) is 4.23. The number of hydrogen-bond acceptors (Lipinski definition) is 4. The second kappa shape index (κ2) is 9.12. The van der Waals surface area contributed by atoms with Crippen molar-refractivity contribution >= 4 is 44.0 Å². The highest BCUT2D eigenvalue weighted by Crippen LogP contribution is 2.32. The van der Waals surface area contributed by atoms with E-state index in [1.54, 1.807) is 24.5 Å². The van der Waals surface area contributed by atoms with Crippen molar-refractivity contribution in [2.45, 2.75) is 19.2 Å². The summed E-state index contributed by atoms with van der Waals surface area (Å²) < 4.78 is 12.8. The van der Waals surface area contributed by atoms with Crippen LogP contribution in [-0.4, -0.2) is 28.8 Å². The van der Waals surface area contributed by atoms with Gasteiger partial charge in [0, 0.05) is 40.4 Å². The predicted molar refractivity (Wildman–Crippen MR) is 115 cm³/mol. The van der Waals surface area contributed by atoms with Crippen LogP contribution >= 0.6 is 11.3 Å². The van der Waals surface area contributed by atoms with Crippen LogP contribution in [0.2, 0.25) is 0 Å². The zero-order chi connectivity index (χ0) is 20.1. The molecule has 146 valence electrons. The number of carbonyl (C=O) groups is 2. The van der Waals surface area contributed by atoms with E-state index in [2.05, 4.69) is 10.6 Å². The summed E-state index contributed by atoms with van der Waals surface area (Å²) in [5.41, 5.74) is 2.24. The van der Waals surface area contributed by atoms with E-state index in [-0.39, 0.29) is 11.8 Å². The average Bonchev–Trinajstić information content (AvgIpc) is 3.04. The zero-order valence-electron chi connectivity index (χ0n) is 15.8. The Morgan fingerprint density at radius 2 is 1.82 bits per heavy atom. The average molecular weight is 415 g/mol. The van der Waals surface area contributed by atoms with Crippen LogP contribution in [-0.2, 0) is 23.1 Å². The van der Waals surface area contributed by atoms with Crippen LogP contribution in [0.4, 0.5) is 0 Å². The van der Waals surface area contributed by atoms with Gasteiger partial charge in [-0.25, -0.2) is 0 Å². The van der Waals surface area contributed by atoms with Crippen molar-refractivity contribution in [1.29, 1.82) is 0 Å². The number of fused-ring (bicyclic) bond motifs is 1. The maximum atomic E-state index is 12.8. The van der Waals surface area contributed by atoms with Crippen molar-refractivity contribution in [2.75, 3.05) is 12.8 Å². The van der Waals surface area contributed by atoms with E-state index in [0.29, 0.717) is 29.3 Å². The van der Waals surface area contributed by atoms with Gasteiger partial charge < -0.3 is 10.6 Å². The molecule has 1 heterocycles. The predicted octanol–water partition coefficient (Wildman–Crippen LogP) is 3.46. The minimum absolute atomic E-state index is 0.132. The molecule has 7 heteroatoms. The van der Waals surface area contributed by atoms with Gasteiger partial charge in [0.2, 0.25) is 0 Å². The molecular formula is C21H22N2O3S2. The lowest BCUT2D eigenvalue weighted by Crippen LogP contribution is -2.24. The van der Waals surface area contributed by atoms with Crippen molar-refractivity contribution in [2.24, 2.45) is 0 Å². The van der Waals surface area contributed by atoms with Crippen LogP contribution in [0.5, 0.6) is 0 Å². The Morgan fingerprint density at radius 1 is 1.04 bits per heavy atom. The highest BCUT2D eigenvalue weighted by Gasteiger charge is 2.19. The van der Waals surface area contributed by atoms with Gasteiger partial charge in [0.1, 0.15) is 0 Å². The maximum absolute atomic E-state index is 12.8. The van der Waals surface area contributed by atoms with E-state index in [9.17, 15) is 13.8 Å². The molecule has 28 heavy (non-hydrogen) atoms. The summed E-state index contributed by atoms with van der Waals surface area (Å²) in [5, 5.41) is 6.67. The number of benzene rings is 2. The van der Waals surface area contributed by atoms with Crippen molar-refractivity contribution < 1.29 is 13.8 Å². The maximum Gasteiger partial charge on any atom is 0.261 e. The first-order valence-corrected chi connectivity index (χ1v) is 11.5. The Bertz CT molecular complexity index is 1040. The lowest BCUT2D eigenvalue weighted by atomic mass is 10.1. The van der Waals surface area contributed by atoms with Crippen LogP contribution in [0.15, 0.2) is 48.5 Å². The molecule has 2 N–H and O–H groups in total. The molecule has 0 bridgehead atoms. The Balaban J connectivity index is 1.79. The normalized spacial score (nSPS) is 11.9. The molecule has 3 aromatic rings. The van der Waals surface area contributed by atoms with E-state index in [0.717, 1.165) is 21.2 Å². The molecule has 0 saturated heterocycles. The van der Waals surface area contributed by atoms with Crippen molar-refractivity contribution in [3.05, 3.63) is 70.1 Å². The molecule has 0 spiro atoms. The summed E-state index contributed by atoms with van der Waals surface area (Å²) in [4.78, 5) is 25.4. The molecule has 5 nitrogen and oxygen atoms in total. The van der Waals surface area contributed by atoms with Gasteiger partial charge >= 0.3 is 0 Å². The number of thiophene rings is 1. The molecule has 1 aromatic heterocycles. The summed E-state index contributed by atoms with van der Waals surface area (Å²) >= 11 is 1.41. The molecule has 2 amide bonds. The first-order valence-electron chi connectivity index (χ1n) is 8.95. The van der Waals surface area contributed by atoms with Crippen molar-refractivity contribution in [3.63, 3.8) is 0 Å². The molecule has 2 aromatic carbocycles. The fourth-order valence-electron chi connectivity index (χ4n) is 2.98. The van der Waals surface area contributed by atoms with Crippen molar-refractivity contribution in [3.8, 4) is 0 Å². The van der Waals surface area contributed by atoms with Crippen LogP contribution in [0.3, 0.4) is 0 Å². The van der Waals surface area contributed by atoms with E-state index in [4.69, 9.17) is 0 Å². The standard InChI is InChI=1S/C21H22N2O3S2/c1-3-22-20(24)15-8-6-7-14(11-15)12-23-21(25)19-17(13-28(2)26)16-9-4-5-10-18(16)27-19/h4-11H,3,12-13H2,1-2H3,(H,22,24)(H,23,25)/t28-/m1/s1. The smallest absolute Gasteiger partial charge is 0.261 e. The highest BCUT2D eigenvalue weighted by molar-refractivity contribution is 7.83. The topological polar surface area (TPSA) is 75.3 Å². The van der Waals surface area contributed by atoms with E-state index < -0.39 is 10.8 Å². The Hall–Kier alpha value is -2.51. The van der Waals surface area contributed by atoms with Crippen LogP contribution < -0.4 is 10.6 Å². The second-order valence-corrected chi connectivity index (χ2v) is 8.85. The first kappa shape index (κ1) is 20.2. The molecule has 0 fully saturated rings. The molecular weight excluding hydrogens is 392 g/mol. The molecule has 0 saturated carbocycles. The summed E-state index contributed by atoms with van der Waals surface area (Å²) in [6.45, 7) is 2.75. The third-order valence-corrected chi connectivity index (χ3v) is 6.14. The summed E-state index contributed by atoms with van der Waals surface area (Å²) in [6.07, 6.45) is 1.64. The Morgan fingerprint density at radius 3 is 2.57 bits per heavy atom. The molecule has 0 aliphatic rings. The van der Waals surface area contributed by atoms with Gasteiger partial charge in [0.05, 0.1) is 10.6 Å². The van der Waals surface area contributed by atoms with Gasteiger partial charge in [-0.1, -0.05) is 30.3 Å². The summed E-state index contributed by atoms with van der Waals surface area (Å²) in [5.74, 6) is 0.0253. The molecule has 0 unspecified atom stereocenters. The molecule has 3 rings (SSSR count). The van der Waals surface area contributed by atoms with Gasteiger partial charge in [-0.15, -0.1) is 11.3 Å². The van der Waals surface area contributed by atoms with Gasteiger partial charge in [0.15, 0.2) is 0 Å². The number of rotatable bonds is 7. The Labute approximate surface area is 170 Å². The van der Waals surface area contributed by atoms with Crippen LogP contribution in [0, 0.1) is 0 Å². The van der Waals surface area contributed by atoms with E-state index in [1.807, 2.05) is 37.3 Å². The van der Waals surface area contributed by atoms with Gasteiger partial charge in [-0.3, -0.25) is 13.8 Å². The fraction of sp³-hybridized carbons (Fsp3) is 0.238. The van der Waals surface area contributed by atoms with E-state index >= 15 is 0 Å². The minimum atomic E-state index is -1.05. The van der Waals surface area contributed by atoms with Crippen LogP contribution in [0.25, 0.3) is 10.1 Å². The second-order valence-electron chi connectivity index (χ2n) is 6.37. The fourth-order valence-corrected chi connectivity index (χ4v) is 4.91. The lowest BCUT2D eigenvalue weighted by Gasteiger charge is -2.08. The molecule has 0 aliphatic heterocycles. The van der Waals surface area contributed by atoms with Gasteiger partial charge in [0.25, 0.3) is 11.8 Å². The monoisotopic (exact) mass is 414 g/mol. The lowest BCUT2D eigenvalue weighted by molar-refractivity contribution is 0.0949. The zero-order valence-corrected chi connectivity index (χ0v) is 17.4. The third kappa shape index (κ3) is 4.66. The van der Waals surface area contributed by atoms with Gasteiger partial charge in [-0.2, -0.15) is 0 Å². The molecule has 1 atom stereocenters. The minimum Gasteiger partial charge on any atom is -0.352 e. The quantitative estimate of drug-likeness (QED) is 0.622. The summed E-state index contributed by atoms with van der Waals surface area (Å²) in [6, 6.07) is 15.0. The van der Waals surface area contributed by atoms with Gasteiger partial charge in [-0.05, 0) is 41.6 Å². The first-order chi connectivity index (χ1) is 13.5. The Kier molecular flexibility index (Phi) is 6.59. The number of nitrogens with one attached hydrogen (secondary N) is 2. The molecule has 0 aliphatic carbocycles. The van der Waals surface area contributed by atoms with E-state index in [1.165, 1.54) is 11.3 Å². The SMILES string of the molecule is CCNC(=O)c1cccc(CNC(=O)c2sc3ccccc3c2C[S@@](C)=O)c1. The number of amides is 2. The highest BCUT2D eigenvalue weighted by atomic mass is 32.2. The number of carbonyl (C=O) groups excluding carboxylic acids is 2. The summed E-state index contributed by atoms with van der Waals surface area (Å²) in [7, 11) is -1.05.